The first-order valence-corrected chi connectivity index (χ1v) is 6.31. The van der Waals surface area contributed by atoms with Crippen molar-refractivity contribution in [3.05, 3.63) is 24.2 Å². The number of carbonyl (C=O) groups is 2. The zero-order valence-electron chi connectivity index (χ0n) is 11.8. The molecule has 1 aromatic rings. The first-order valence-electron chi connectivity index (χ1n) is 6.31. The topological polar surface area (TPSA) is 74.6 Å². The minimum Gasteiger partial charge on any atom is -0.468 e. The van der Waals surface area contributed by atoms with E-state index in [9.17, 15) is 9.59 Å². The number of hydrogen-bond donors (Lipinski definition) is 2. The van der Waals surface area contributed by atoms with Crippen LogP contribution in [0, 0.1) is 0 Å². The van der Waals surface area contributed by atoms with Crippen molar-refractivity contribution in [1.29, 1.82) is 0 Å². The van der Waals surface area contributed by atoms with E-state index in [-0.39, 0.29) is 11.9 Å². The van der Waals surface area contributed by atoms with Crippen LogP contribution in [0.5, 0.6) is 0 Å². The minimum absolute atomic E-state index is 0.0509. The highest BCUT2D eigenvalue weighted by Crippen LogP contribution is 2.20. The highest BCUT2D eigenvalue weighted by atomic mass is 16.3. The molecule has 0 radical (unpaired) electrons. The highest BCUT2D eigenvalue weighted by molar-refractivity contribution is 5.96. The lowest BCUT2D eigenvalue weighted by Crippen LogP contribution is -2.49. The molecule has 3 amide bonds. The third-order valence-corrected chi connectivity index (χ3v) is 3.13. The lowest BCUT2D eigenvalue weighted by Gasteiger charge is -2.28. The Morgan fingerprint density at radius 2 is 2.11 bits per heavy atom. The largest absolute Gasteiger partial charge is 0.468 e. The van der Waals surface area contributed by atoms with Gasteiger partial charge in [-0.3, -0.25) is 15.0 Å². The quantitative estimate of drug-likeness (QED) is 0.848. The Balaban J connectivity index is 2.58. The monoisotopic (exact) mass is 267 g/mol. The maximum atomic E-state index is 11.9. The van der Waals surface area contributed by atoms with Crippen LogP contribution in [0.15, 0.2) is 22.8 Å². The number of carbonyl (C=O) groups excluding carboxylic acids is 2. The van der Waals surface area contributed by atoms with Crippen molar-refractivity contribution in [3.63, 3.8) is 0 Å². The van der Waals surface area contributed by atoms with E-state index >= 15 is 0 Å². The number of amides is 3. The van der Waals surface area contributed by atoms with E-state index in [1.807, 2.05) is 24.9 Å². The standard InChI is InChI=1S/C13H21N3O3/c1-5-14-13(18)15-12(17)10(3)16(4)9(2)11-7-6-8-19-11/h6-10H,5H2,1-4H3,(H2,14,15,17,18). The fourth-order valence-corrected chi connectivity index (χ4v) is 1.67. The summed E-state index contributed by atoms with van der Waals surface area (Å²) in [6.45, 7) is 5.95. The Kier molecular flexibility index (Phi) is 5.57. The zero-order valence-corrected chi connectivity index (χ0v) is 11.8. The lowest BCUT2D eigenvalue weighted by atomic mass is 10.1. The van der Waals surface area contributed by atoms with Crippen LogP contribution in [0.3, 0.4) is 0 Å². The minimum atomic E-state index is -0.474. The number of nitrogens with zero attached hydrogens (tertiary/aromatic N) is 1. The number of urea groups is 1. The molecule has 6 heteroatoms. The fraction of sp³-hybridized carbons (Fsp3) is 0.538. The van der Waals surface area contributed by atoms with E-state index in [1.165, 1.54) is 0 Å². The zero-order chi connectivity index (χ0) is 14.4. The number of nitrogens with one attached hydrogen (secondary N) is 2. The van der Waals surface area contributed by atoms with E-state index in [4.69, 9.17) is 4.42 Å². The molecular formula is C13H21N3O3. The molecule has 0 aliphatic heterocycles. The molecule has 0 aromatic carbocycles. The predicted molar refractivity (Wildman–Crippen MR) is 71.6 cm³/mol. The summed E-state index contributed by atoms with van der Waals surface area (Å²) in [5, 5.41) is 4.82. The van der Waals surface area contributed by atoms with Gasteiger partial charge in [0.05, 0.1) is 18.3 Å². The van der Waals surface area contributed by atoms with Gasteiger partial charge in [0.25, 0.3) is 0 Å². The van der Waals surface area contributed by atoms with Crippen LogP contribution in [0.2, 0.25) is 0 Å². The van der Waals surface area contributed by atoms with Gasteiger partial charge in [0, 0.05) is 6.54 Å². The maximum Gasteiger partial charge on any atom is 0.321 e. The van der Waals surface area contributed by atoms with Gasteiger partial charge >= 0.3 is 6.03 Å². The second-order valence-corrected chi connectivity index (χ2v) is 4.38. The van der Waals surface area contributed by atoms with Gasteiger partial charge in [-0.15, -0.1) is 0 Å². The number of imide groups is 1. The van der Waals surface area contributed by atoms with Crippen LogP contribution in [-0.2, 0) is 4.79 Å². The molecule has 2 N–H and O–H groups in total. The Hall–Kier alpha value is -1.82. The molecule has 0 bridgehead atoms. The number of rotatable bonds is 5. The SMILES string of the molecule is CCNC(=O)NC(=O)C(C)N(C)C(C)c1ccco1. The molecule has 1 heterocycles. The van der Waals surface area contributed by atoms with Crippen LogP contribution in [0.25, 0.3) is 0 Å². The molecular weight excluding hydrogens is 246 g/mol. The lowest BCUT2D eigenvalue weighted by molar-refractivity contribution is -0.125. The molecule has 0 aliphatic carbocycles. The summed E-state index contributed by atoms with van der Waals surface area (Å²) in [4.78, 5) is 25.0. The Labute approximate surface area is 113 Å². The normalized spacial score (nSPS) is 13.9. The van der Waals surface area contributed by atoms with Crippen molar-refractivity contribution >= 4 is 11.9 Å². The highest BCUT2D eigenvalue weighted by Gasteiger charge is 2.25. The summed E-state index contributed by atoms with van der Waals surface area (Å²) < 4.78 is 5.31. The van der Waals surface area contributed by atoms with Crippen LogP contribution in [0.4, 0.5) is 4.79 Å². The van der Waals surface area contributed by atoms with E-state index in [2.05, 4.69) is 10.6 Å². The smallest absolute Gasteiger partial charge is 0.321 e. The van der Waals surface area contributed by atoms with Gasteiger partial charge in [-0.1, -0.05) is 0 Å². The summed E-state index contributed by atoms with van der Waals surface area (Å²) in [7, 11) is 1.81. The molecule has 106 valence electrons. The Morgan fingerprint density at radius 3 is 2.63 bits per heavy atom. The van der Waals surface area contributed by atoms with Gasteiger partial charge in [-0.25, -0.2) is 4.79 Å². The van der Waals surface area contributed by atoms with Crippen LogP contribution < -0.4 is 10.6 Å². The Morgan fingerprint density at radius 1 is 1.42 bits per heavy atom. The molecule has 1 aromatic heterocycles. The van der Waals surface area contributed by atoms with Gasteiger partial charge in [-0.05, 0) is 40.0 Å². The van der Waals surface area contributed by atoms with Crippen LogP contribution in [-0.4, -0.2) is 36.5 Å². The second kappa shape index (κ2) is 6.94. The van der Waals surface area contributed by atoms with Gasteiger partial charge in [-0.2, -0.15) is 0 Å². The summed E-state index contributed by atoms with van der Waals surface area (Å²) >= 11 is 0. The van der Waals surface area contributed by atoms with E-state index in [1.54, 1.807) is 26.2 Å². The summed E-state index contributed by atoms with van der Waals surface area (Å²) in [5.41, 5.74) is 0. The Bertz CT molecular complexity index is 417. The van der Waals surface area contributed by atoms with E-state index in [0.717, 1.165) is 5.76 Å². The van der Waals surface area contributed by atoms with E-state index in [0.29, 0.717) is 6.54 Å². The second-order valence-electron chi connectivity index (χ2n) is 4.38. The van der Waals surface area contributed by atoms with Crippen molar-refractivity contribution < 1.29 is 14.0 Å². The number of hydrogen-bond acceptors (Lipinski definition) is 4. The average molecular weight is 267 g/mol. The number of likely N-dealkylation sites (N-methyl/N-ethyl adjacent to an activating group) is 1. The summed E-state index contributed by atoms with van der Waals surface area (Å²) in [5.74, 6) is 0.437. The van der Waals surface area contributed by atoms with E-state index < -0.39 is 12.1 Å². The van der Waals surface area contributed by atoms with Gasteiger partial charge in [0.2, 0.25) is 5.91 Å². The molecule has 6 nitrogen and oxygen atoms in total. The van der Waals surface area contributed by atoms with Crippen molar-refractivity contribution in [3.8, 4) is 0 Å². The van der Waals surface area contributed by atoms with Gasteiger partial charge in [0.15, 0.2) is 0 Å². The average Bonchev–Trinajstić information content (AvgIpc) is 2.90. The first kappa shape index (κ1) is 15.2. The number of furan rings is 1. The third kappa shape index (κ3) is 4.10. The van der Waals surface area contributed by atoms with Gasteiger partial charge in [0.1, 0.15) is 5.76 Å². The third-order valence-electron chi connectivity index (χ3n) is 3.13. The van der Waals surface area contributed by atoms with Crippen molar-refractivity contribution in [2.45, 2.75) is 32.9 Å². The molecule has 2 unspecified atom stereocenters. The van der Waals surface area contributed by atoms with Crippen molar-refractivity contribution in [1.82, 2.24) is 15.5 Å². The molecule has 2 atom stereocenters. The molecule has 19 heavy (non-hydrogen) atoms. The van der Waals surface area contributed by atoms with Crippen LogP contribution >= 0.6 is 0 Å². The summed E-state index contributed by atoms with van der Waals surface area (Å²) in [6, 6.07) is 2.69. The molecule has 0 saturated heterocycles. The first-order chi connectivity index (χ1) is 8.97. The molecule has 0 fully saturated rings. The molecule has 0 aliphatic rings. The molecule has 0 spiro atoms. The fourth-order valence-electron chi connectivity index (χ4n) is 1.67. The maximum absolute atomic E-state index is 11.9. The van der Waals surface area contributed by atoms with Crippen LogP contribution in [0.1, 0.15) is 32.6 Å². The predicted octanol–water partition coefficient (Wildman–Crippen LogP) is 1.51. The summed E-state index contributed by atoms with van der Waals surface area (Å²) in [6.07, 6.45) is 1.60. The molecule has 1 rings (SSSR count). The van der Waals surface area contributed by atoms with Crippen molar-refractivity contribution in [2.75, 3.05) is 13.6 Å². The van der Waals surface area contributed by atoms with Crippen molar-refractivity contribution in [2.24, 2.45) is 0 Å². The van der Waals surface area contributed by atoms with Gasteiger partial charge < -0.3 is 9.73 Å². The molecule has 0 saturated carbocycles.